The Labute approximate surface area is 547 Å². The van der Waals surface area contributed by atoms with Gasteiger partial charge < -0.3 is 24.5 Å². The van der Waals surface area contributed by atoms with Gasteiger partial charge in [-0.2, -0.15) is 0 Å². The molecule has 5 nitrogen and oxygen atoms in total. The van der Waals surface area contributed by atoms with Crippen LogP contribution in [0.1, 0.15) is 25.0 Å². The van der Waals surface area contributed by atoms with Crippen molar-refractivity contribution in [2.75, 3.05) is 24.5 Å². The van der Waals surface area contributed by atoms with E-state index in [9.17, 15) is 0 Å². The van der Waals surface area contributed by atoms with Gasteiger partial charge in [0.1, 0.15) is 0 Å². The second kappa shape index (κ2) is 20.9. The van der Waals surface area contributed by atoms with Crippen LogP contribution >= 0.6 is 11.8 Å². The van der Waals surface area contributed by atoms with Crippen molar-refractivity contribution < 1.29 is 0 Å². The second-order valence-electron chi connectivity index (χ2n) is 25.5. The van der Waals surface area contributed by atoms with Crippen molar-refractivity contribution in [1.29, 1.82) is 0 Å². The first kappa shape index (κ1) is 53.6. The van der Waals surface area contributed by atoms with Crippen LogP contribution in [0.5, 0.6) is 0 Å². The lowest BCUT2D eigenvalue weighted by Gasteiger charge is -2.47. The molecule has 14 aromatic rings. The molecule has 0 saturated carbocycles. The van der Waals surface area contributed by atoms with Gasteiger partial charge in [-0.25, -0.2) is 0 Å². The molecule has 0 bridgehead atoms. The topological polar surface area (TPSA) is 16.2 Å². The van der Waals surface area contributed by atoms with Crippen LogP contribution in [0.3, 0.4) is 0 Å². The molecular weight excluding hydrogens is 1140 g/mol. The minimum atomic E-state index is -0.438. The number of benzene rings is 14. The zero-order valence-electron chi connectivity index (χ0n) is 51.4. The first-order valence-corrected chi connectivity index (χ1v) is 33.1. The highest BCUT2D eigenvalue weighted by molar-refractivity contribution is 8.00. The molecule has 0 amide bonds. The van der Waals surface area contributed by atoms with Gasteiger partial charge in [0.2, 0.25) is 6.71 Å². The summed E-state index contributed by atoms with van der Waals surface area (Å²) in [5.74, 6) is 0. The third kappa shape index (κ3) is 8.11. The Balaban J connectivity index is 0.891. The van der Waals surface area contributed by atoms with E-state index in [0.29, 0.717) is 0 Å². The van der Waals surface area contributed by atoms with Crippen molar-refractivity contribution in [3.8, 4) is 11.1 Å². The Morgan fingerprint density at radius 2 is 0.774 bits per heavy atom. The number of hydrogen-bond acceptors (Lipinski definition) is 6. The molecule has 0 spiro atoms. The van der Waals surface area contributed by atoms with Crippen molar-refractivity contribution >= 4 is 154 Å². The van der Waals surface area contributed by atoms with E-state index >= 15 is 0 Å². The maximum absolute atomic E-state index is 2.67. The maximum atomic E-state index is 2.67. The van der Waals surface area contributed by atoms with Gasteiger partial charge in [0.05, 0.1) is 5.69 Å². The predicted octanol–water partition coefficient (Wildman–Crippen LogP) is 18.9. The number of hydrogen-bond donors (Lipinski definition) is 0. The fourth-order valence-electron chi connectivity index (χ4n) is 16.3. The molecular formula is C85H59B2N5S. The molecule has 0 fully saturated rings. The van der Waals surface area contributed by atoms with Gasteiger partial charge in [-0.15, -0.1) is 0 Å². The lowest BCUT2D eigenvalue weighted by Crippen LogP contribution is -2.65. The van der Waals surface area contributed by atoms with Gasteiger partial charge in [0.15, 0.2) is 0 Å². The summed E-state index contributed by atoms with van der Waals surface area (Å²) in [6.07, 6.45) is 0. The summed E-state index contributed by atoms with van der Waals surface area (Å²) < 4.78 is 0. The third-order valence-electron chi connectivity index (χ3n) is 20.1. The van der Waals surface area contributed by atoms with E-state index < -0.39 is 5.41 Å². The summed E-state index contributed by atoms with van der Waals surface area (Å²) >= 11 is 1.91. The van der Waals surface area contributed by atoms with Crippen LogP contribution in [0.25, 0.3) is 21.9 Å². The van der Waals surface area contributed by atoms with Crippen molar-refractivity contribution in [3.05, 3.63) is 333 Å². The van der Waals surface area contributed by atoms with Crippen LogP contribution in [0.15, 0.2) is 331 Å². The summed E-state index contributed by atoms with van der Waals surface area (Å²) in [5, 5.41) is 2.40. The summed E-state index contributed by atoms with van der Waals surface area (Å²) in [4.78, 5) is 15.2. The van der Waals surface area contributed by atoms with E-state index in [4.69, 9.17) is 0 Å². The summed E-state index contributed by atoms with van der Waals surface area (Å²) in [6, 6.07) is 120. The van der Waals surface area contributed by atoms with Crippen molar-refractivity contribution in [3.63, 3.8) is 0 Å². The van der Waals surface area contributed by atoms with Crippen LogP contribution in [0.2, 0.25) is 0 Å². The molecule has 8 heteroatoms. The van der Waals surface area contributed by atoms with Crippen molar-refractivity contribution in [2.45, 2.75) is 29.1 Å². The number of para-hydroxylation sites is 8. The average molecular weight is 1200 g/mol. The number of nitrogens with zero attached hydrogens (tertiary/aromatic N) is 5. The molecule has 0 N–H and O–H groups in total. The highest BCUT2D eigenvalue weighted by atomic mass is 32.2. The monoisotopic (exact) mass is 1200 g/mol. The highest BCUT2D eigenvalue weighted by Crippen LogP contribution is 2.59. The molecule has 14 aromatic carbocycles. The molecule has 0 aromatic heterocycles. The fourth-order valence-corrected chi connectivity index (χ4v) is 17.5. The Bertz CT molecular complexity index is 5230. The van der Waals surface area contributed by atoms with E-state index in [2.05, 4.69) is 360 Å². The predicted molar refractivity (Wildman–Crippen MR) is 395 cm³/mol. The SMILES string of the molecule is CC1(C)c2cc(N(c3ccccc3)c3ccccc3)ccc2-c2cc3c4c(c21)N(c1ccccc1)c1ccccc1B4c1cc2c(cc1N3c1ccccc1)N(c1ccccc1)c1c3c(cc4cc(N(c5ccccc5)c5ccccc5)ccc14)Sc1ccccc1B23. The number of fused-ring (bicyclic) bond motifs is 14. The Kier molecular flexibility index (Phi) is 12.1. The molecule has 4 aliphatic heterocycles. The van der Waals surface area contributed by atoms with Crippen LogP contribution in [-0.4, -0.2) is 13.4 Å². The number of anilines is 15. The third-order valence-corrected chi connectivity index (χ3v) is 21.3. The largest absolute Gasteiger partial charge is 0.311 e. The molecule has 0 unspecified atom stereocenters. The molecule has 0 saturated heterocycles. The lowest BCUT2D eigenvalue weighted by molar-refractivity contribution is 0.661. The molecule has 93 heavy (non-hydrogen) atoms. The van der Waals surface area contributed by atoms with Gasteiger partial charge in [-0.1, -0.05) is 213 Å². The lowest BCUT2D eigenvalue weighted by atomic mass is 9.30. The highest BCUT2D eigenvalue weighted by Gasteiger charge is 2.51. The van der Waals surface area contributed by atoms with Gasteiger partial charge in [0.25, 0.3) is 6.71 Å². The quantitative estimate of drug-likeness (QED) is 0.133. The van der Waals surface area contributed by atoms with Crippen molar-refractivity contribution in [1.82, 2.24) is 0 Å². The number of rotatable bonds is 9. The van der Waals surface area contributed by atoms with Gasteiger partial charge >= 0.3 is 0 Å². The van der Waals surface area contributed by atoms with E-state index in [0.717, 1.165) is 51.2 Å². The Morgan fingerprint density at radius 1 is 0.312 bits per heavy atom. The zero-order valence-corrected chi connectivity index (χ0v) is 52.2. The fraction of sp³-hybridized carbons (Fsp3) is 0.0353. The molecule has 436 valence electrons. The summed E-state index contributed by atoms with van der Waals surface area (Å²) in [7, 11) is 0. The van der Waals surface area contributed by atoms with Crippen LogP contribution < -0.4 is 57.3 Å². The molecule has 19 rings (SSSR count). The van der Waals surface area contributed by atoms with Gasteiger partial charge in [-0.3, -0.25) is 0 Å². The van der Waals surface area contributed by atoms with E-state index in [1.54, 1.807) is 0 Å². The maximum Gasteiger partial charge on any atom is 0.252 e. The van der Waals surface area contributed by atoms with Crippen LogP contribution in [0, 0.1) is 0 Å². The molecule has 0 radical (unpaired) electrons. The summed E-state index contributed by atoms with van der Waals surface area (Å²) in [5.41, 5.74) is 29.9. The minimum absolute atomic E-state index is 0.0680. The van der Waals surface area contributed by atoms with Gasteiger partial charge in [0, 0.05) is 100 Å². The van der Waals surface area contributed by atoms with Crippen LogP contribution in [0.4, 0.5) is 85.3 Å². The smallest absolute Gasteiger partial charge is 0.252 e. The Hall–Kier alpha value is -11.2. The molecule has 4 heterocycles. The van der Waals surface area contributed by atoms with E-state index in [-0.39, 0.29) is 13.4 Å². The minimum Gasteiger partial charge on any atom is -0.311 e. The average Bonchev–Trinajstić information content (AvgIpc) is 1.67. The zero-order chi connectivity index (χ0) is 61.5. The van der Waals surface area contributed by atoms with Crippen molar-refractivity contribution in [2.24, 2.45) is 0 Å². The first-order valence-electron chi connectivity index (χ1n) is 32.3. The van der Waals surface area contributed by atoms with Gasteiger partial charge in [-0.05, 0) is 194 Å². The van der Waals surface area contributed by atoms with E-state index in [1.165, 1.54) is 110 Å². The van der Waals surface area contributed by atoms with Crippen LogP contribution in [-0.2, 0) is 5.41 Å². The normalized spacial score (nSPS) is 13.8. The molecule has 0 atom stereocenters. The second-order valence-corrected chi connectivity index (χ2v) is 26.6. The van der Waals surface area contributed by atoms with E-state index in [1.807, 2.05) is 11.8 Å². The summed E-state index contributed by atoms with van der Waals surface area (Å²) in [6.45, 7) is 4.74. The first-order chi connectivity index (χ1) is 45.9. The molecule has 5 aliphatic rings. The Morgan fingerprint density at radius 3 is 1.35 bits per heavy atom. The standard InChI is InChI=1S/C85H59B2N5S/c1-85(2)69-52-65(89(59-32-14-5-15-33-59)60-34-16-6-17-35-60)47-49-67(69)68-53-77-81-84(80(68)85)91(62-38-20-8-21-39-62)74-44-26-24-42-70(74)86(81)72-54-73-76(55-75(72)90(77)61-36-18-7-19-37-61)92(63-40-22-9-23-41-63)83-66-48-46-64(88(57-28-10-3-11-29-57)58-30-12-4-13-31-58)50-56(66)51-79-82(83)87(73)71-43-25-27-45-78(71)93-79/h3-55H,1-2H3. The molecule has 1 aliphatic carbocycles.